The summed E-state index contributed by atoms with van der Waals surface area (Å²) >= 11 is 0. The van der Waals surface area contributed by atoms with Crippen molar-refractivity contribution in [3.05, 3.63) is 30.1 Å². The van der Waals surface area contributed by atoms with Crippen molar-refractivity contribution in [3.8, 4) is 0 Å². The average molecular weight is 371 g/mol. The maximum Gasteiger partial charge on any atom is 0.408 e. The smallest absolute Gasteiger partial charge is 0.371 e. The minimum Gasteiger partial charge on any atom is -0.371 e. The minimum absolute atomic E-state index is 0.376. The molecule has 3 rings (SSSR count). The van der Waals surface area contributed by atoms with E-state index in [9.17, 15) is 18.0 Å². The number of pyridine rings is 1. The highest BCUT2D eigenvalue weighted by molar-refractivity contribution is 5.74. The Balaban J connectivity index is 1.62. The lowest BCUT2D eigenvalue weighted by Crippen LogP contribution is -2.55. The second-order valence-electron chi connectivity index (χ2n) is 7.01. The van der Waals surface area contributed by atoms with Gasteiger partial charge < -0.3 is 15.4 Å². The molecule has 1 saturated heterocycles. The molecule has 144 valence electrons. The Bertz CT molecular complexity index is 591. The minimum atomic E-state index is -4.45. The van der Waals surface area contributed by atoms with E-state index in [0.29, 0.717) is 25.9 Å². The van der Waals surface area contributed by atoms with Gasteiger partial charge in [-0.3, -0.25) is 4.98 Å². The summed E-state index contributed by atoms with van der Waals surface area (Å²) in [6.45, 7) is 0.440. The van der Waals surface area contributed by atoms with Gasteiger partial charge in [-0.05, 0) is 31.2 Å². The predicted molar refractivity (Wildman–Crippen MR) is 89.4 cm³/mol. The molecule has 2 fully saturated rings. The molecule has 0 bridgehead atoms. The number of hydrogen-bond donors (Lipinski definition) is 2. The summed E-state index contributed by atoms with van der Waals surface area (Å²) in [6.07, 6.45) is 2.48. The normalized spacial score (nSPS) is 25.7. The number of aromatic nitrogens is 1. The van der Waals surface area contributed by atoms with Crippen molar-refractivity contribution < 1.29 is 22.7 Å². The Labute approximate surface area is 150 Å². The van der Waals surface area contributed by atoms with Crippen LogP contribution < -0.4 is 10.6 Å². The number of amides is 2. The molecule has 3 atom stereocenters. The lowest BCUT2D eigenvalue weighted by molar-refractivity contribution is -0.167. The monoisotopic (exact) mass is 371 g/mol. The number of halogens is 3. The van der Waals surface area contributed by atoms with Crippen LogP contribution in [0, 0.1) is 5.92 Å². The molecular formula is C18H24F3N3O2. The van der Waals surface area contributed by atoms with Crippen LogP contribution in [0.3, 0.4) is 0 Å². The Morgan fingerprint density at radius 1 is 1.23 bits per heavy atom. The van der Waals surface area contributed by atoms with Gasteiger partial charge in [0, 0.05) is 24.6 Å². The van der Waals surface area contributed by atoms with E-state index < -0.39 is 30.3 Å². The Hall–Kier alpha value is -1.83. The fourth-order valence-corrected chi connectivity index (χ4v) is 3.90. The third-order valence-corrected chi connectivity index (χ3v) is 5.18. The summed E-state index contributed by atoms with van der Waals surface area (Å²) < 4.78 is 46.0. The van der Waals surface area contributed by atoms with E-state index >= 15 is 0 Å². The molecule has 1 saturated carbocycles. The first kappa shape index (κ1) is 18.9. The summed E-state index contributed by atoms with van der Waals surface area (Å²) in [4.78, 5) is 16.3. The molecule has 1 aliphatic heterocycles. The van der Waals surface area contributed by atoms with Crippen LogP contribution in [-0.4, -0.2) is 35.9 Å². The van der Waals surface area contributed by atoms with Crippen molar-refractivity contribution in [2.75, 3.05) is 6.61 Å². The van der Waals surface area contributed by atoms with Gasteiger partial charge in [-0.15, -0.1) is 0 Å². The van der Waals surface area contributed by atoms with E-state index in [1.54, 1.807) is 18.5 Å². The molecule has 2 N–H and O–H groups in total. The van der Waals surface area contributed by atoms with Crippen LogP contribution >= 0.6 is 0 Å². The van der Waals surface area contributed by atoms with Crippen LogP contribution in [0.15, 0.2) is 24.5 Å². The number of hydrogen-bond acceptors (Lipinski definition) is 3. The van der Waals surface area contributed by atoms with Crippen LogP contribution in [0.2, 0.25) is 0 Å². The van der Waals surface area contributed by atoms with Gasteiger partial charge in [-0.1, -0.05) is 25.3 Å². The molecule has 26 heavy (non-hydrogen) atoms. The summed E-state index contributed by atoms with van der Waals surface area (Å²) in [7, 11) is 0. The zero-order chi connectivity index (χ0) is 18.6. The topological polar surface area (TPSA) is 63.2 Å². The van der Waals surface area contributed by atoms with Crippen molar-refractivity contribution >= 4 is 6.03 Å². The molecule has 1 unspecified atom stereocenters. The second kappa shape index (κ2) is 8.24. The van der Waals surface area contributed by atoms with Crippen LogP contribution in [0.5, 0.6) is 0 Å². The number of rotatable bonds is 4. The molecule has 8 heteroatoms. The van der Waals surface area contributed by atoms with Gasteiger partial charge in [0.2, 0.25) is 0 Å². The Kier molecular flexibility index (Phi) is 6.01. The summed E-state index contributed by atoms with van der Waals surface area (Å²) in [5.74, 6) is -0.552. The molecule has 2 aliphatic rings. The number of nitrogens with zero attached hydrogens (tertiary/aromatic N) is 1. The molecule has 0 spiro atoms. The molecular weight excluding hydrogens is 347 g/mol. The highest BCUT2D eigenvalue weighted by atomic mass is 19.4. The molecule has 2 amide bonds. The highest BCUT2D eigenvalue weighted by Gasteiger charge is 2.46. The van der Waals surface area contributed by atoms with E-state index in [-0.39, 0.29) is 6.04 Å². The fourth-order valence-electron chi connectivity index (χ4n) is 3.90. The first-order chi connectivity index (χ1) is 12.4. The molecule has 5 nitrogen and oxygen atoms in total. The zero-order valence-corrected chi connectivity index (χ0v) is 14.5. The summed E-state index contributed by atoms with van der Waals surface area (Å²) in [6, 6.07) is 0.621. The molecule has 2 heterocycles. The van der Waals surface area contributed by atoms with E-state index in [2.05, 4.69) is 15.6 Å². The number of urea groups is 1. The summed E-state index contributed by atoms with van der Waals surface area (Å²) in [5.41, 5.74) is 0.801. The van der Waals surface area contributed by atoms with Gasteiger partial charge in [0.15, 0.2) is 0 Å². The maximum absolute atomic E-state index is 13.4. The maximum atomic E-state index is 13.4. The number of alkyl halides is 3. The first-order valence-corrected chi connectivity index (χ1v) is 9.10. The standard InChI is InChI=1S/C18H24F3N3O2/c19-18(20,21)16(12-5-2-1-3-6-12)24-17(25)23-14-8-10-26-15(14)13-7-4-9-22-11-13/h4,7,9,11-12,14-16H,1-3,5-6,8,10H2,(H2,23,24,25)/t14-,15+,16?/m0/s1. The van der Waals surface area contributed by atoms with Crippen molar-refractivity contribution in [3.63, 3.8) is 0 Å². The summed E-state index contributed by atoms with van der Waals surface area (Å²) in [5, 5.41) is 4.85. The van der Waals surface area contributed by atoms with Gasteiger partial charge in [0.25, 0.3) is 0 Å². The van der Waals surface area contributed by atoms with Gasteiger partial charge in [0.1, 0.15) is 12.1 Å². The van der Waals surface area contributed by atoms with Crippen molar-refractivity contribution in [1.82, 2.24) is 15.6 Å². The third-order valence-electron chi connectivity index (χ3n) is 5.18. The lowest BCUT2D eigenvalue weighted by atomic mass is 9.83. The van der Waals surface area contributed by atoms with Gasteiger partial charge >= 0.3 is 12.2 Å². The van der Waals surface area contributed by atoms with Gasteiger partial charge in [-0.2, -0.15) is 13.2 Å². The number of ether oxygens (including phenoxy) is 1. The highest BCUT2D eigenvalue weighted by Crippen LogP contribution is 2.35. The quantitative estimate of drug-likeness (QED) is 0.848. The van der Waals surface area contributed by atoms with Crippen molar-refractivity contribution in [2.24, 2.45) is 5.92 Å². The molecule has 0 aromatic carbocycles. The van der Waals surface area contributed by atoms with Crippen LogP contribution in [0.1, 0.15) is 50.2 Å². The van der Waals surface area contributed by atoms with Gasteiger partial charge in [0.05, 0.1) is 6.04 Å². The van der Waals surface area contributed by atoms with E-state index in [1.165, 1.54) is 0 Å². The second-order valence-corrected chi connectivity index (χ2v) is 7.01. The van der Waals surface area contributed by atoms with Crippen LogP contribution in [-0.2, 0) is 4.74 Å². The van der Waals surface area contributed by atoms with Gasteiger partial charge in [-0.25, -0.2) is 4.79 Å². The number of carbonyl (C=O) groups excluding carboxylic acids is 1. The first-order valence-electron chi connectivity index (χ1n) is 9.10. The Morgan fingerprint density at radius 3 is 2.65 bits per heavy atom. The zero-order valence-electron chi connectivity index (χ0n) is 14.5. The molecule has 0 radical (unpaired) electrons. The Morgan fingerprint density at radius 2 is 2.00 bits per heavy atom. The molecule has 1 aromatic heterocycles. The van der Waals surface area contributed by atoms with E-state index in [0.717, 1.165) is 24.8 Å². The SMILES string of the molecule is O=C(NC(C1CCCCC1)C(F)(F)F)N[C@H]1CCO[C@@H]1c1cccnc1. The fraction of sp³-hybridized carbons (Fsp3) is 0.667. The number of nitrogens with one attached hydrogen (secondary N) is 2. The van der Waals surface area contributed by atoms with Crippen LogP contribution in [0.4, 0.5) is 18.0 Å². The van der Waals surface area contributed by atoms with E-state index in [4.69, 9.17) is 4.74 Å². The third kappa shape index (κ3) is 4.66. The van der Waals surface area contributed by atoms with Crippen molar-refractivity contribution in [2.45, 2.75) is 62.9 Å². The predicted octanol–water partition coefficient (Wildman–Crippen LogP) is 3.72. The van der Waals surface area contributed by atoms with Crippen molar-refractivity contribution in [1.29, 1.82) is 0 Å². The molecule has 1 aliphatic carbocycles. The largest absolute Gasteiger partial charge is 0.408 e. The average Bonchev–Trinajstić information content (AvgIpc) is 3.08. The van der Waals surface area contributed by atoms with E-state index in [1.807, 2.05) is 6.07 Å². The lowest BCUT2D eigenvalue weighted by Gasteiger charge is -2.32. The molecule has 1 aromatic rings. The van der Waals surface area contributed by atoms with Crippen LogP contribution in [0.25, 0.3) is 0 Å². The number of carbonyl (C=O) groups is 1.